The van der Waals surface area contributed by atoms with Crippen LogP contribution in [0.1, 0.15) is 6.42 Å². The monoisotopic (exact) mass is 348 g/mol. The molecule has 24 heavy (non-hydrogen) atoms. The zero-order valence-electron chi connectivity index (χ0n) is 12.8. The number of hydrogen-bond acceptors (Lipinski definition) is 4. The van der Waals surface area contributed by atoms with E-state index in [9.17, 15) is 14.0 Å². The molecule has 0 aliphatic carbocycles. The molecule has 1 aliphatic rings. The molecule has 2 aromatic carbocycles. The minimum atomic E-state index is -0.724. The van der Waals surface area contributed by atoms with Crippen molar-refractivity contribution in [1.29, 1.82) is 0 Å². The summed E-state index contributed by atoms with van der Waals surface area (Å²) in [5, 5.41) is 2.88. The highest BCUT2D eigenvalue weighted by Crippen LogP contribution is 2.30. The standard InChI is InChI=1S/C17H14ClFN2O3/c1-24-15-5-3-2-4-13(15)20-14-9-16(22)21(17(14)23)10-6-7-12(19)11(18)8-10/h2-8,14,20H,9H2,1H3. The third-order valence-corrected chi connectivity index (χ3v) is 4.03. The maximum absolute atomic E-state index is 13.3. The highest BCUT2D eigenvalue weighted by molar-refractivity contribution is 6.31. The number of hydrogen-bond donors (Lipinski definition) is 1. The van der Waals surface area contributed by atoms with Crippen molar-refractivity contribution in [1.82, 2.24) is 0 Å². The lowest BCUT2D eigenvalue weighted by Gasteiger charge is -2.17. The van der Waals surface area contributed by atoms with E-state index < -0.39 is 17.8 Å². The molecule has 1 fully saturated rings. The minimum Gasteiger partial charge on any atom is -0.495 e. The van der Waals surface area contributed by atoms with Gasteiger partial charge < -0.3 is 10.1 Å². The Labute approximate surface area is 143 Å². The lowest BCUT2D eigenvalue weighted by Crippen LogP contribution is -2.34. The summed E-state index contributed by atoms with van der Waals surface area (Å²) in [5.74, 6) is -0.840. The summed E-state index contributed by atoms with van der Waals surface area (Å²) in [7, 11) is 1.52. The predicted octanol–water partition coefficient (Wildman–Crippen LogP) is 3.23. The molecule has 1 atom stereocenters. The summed E-state index contributed by atoms with van der Waals surface area (Å²) >= 11 is 5.74. The minimum absolute atomic E-state index is 0.00806. The van der Waals surface area contributed by atoms with E-state index in [0.717, 1.165) is 11.0 Å². The Hall–Kier alpha value is -2.60. The number of carbonyl (C=O) groups excluding carboxylic acids is 2. The zero-order chi connectivity index (χ0) is 17.3. The number of para-hydroxylation sites is 2. The lowest BCUT2D eigenvalue weighted by molar-refractivity contribution is -0.121. The van der Waals surface area contributed by atoms with Gasteiger partial charge in [-0.2, -0.15) is 0 Å². The fourth-order valence-electron chi connectivity index (χ4n) is 2.59. The number of nitrogens with zero attached hydrogens (tertiary/aromatic N) is 1. The Balaban J connectivity index is 1.85. The first kappa shape index (κ1) is 16.3. The summed E-state index contributed by atoms with van der Waals surface area (Å²) < 4.78 is 18.5. The number of methoxy groups -OCH3 is 1. The molecule has 1 saturated heterocycles. The van der Waals surface area contributed by atoms with Crippen molar-refractivity contribution in [3.8, 4) is 5.75 Å². The molecule has 0 aromatic heterocycles. The molecular weight excluding hydrogens is 335 g/mol. The highest BCUT2D eigenvalue weighted by atomic mass is 35.5. The molecule has 0 bridgehead atoms. The van der Waals surface area contributed by atoms with Crippen molar-refractivity contribution < 1.29 is 18.7 Å². The van der Waals surface area contributed by atoms with Gasteiger partial charge in [0.2, 0.25) is 5.91 Å². The zero-order valence-corrected chi connectivity index (χ0v) is 13.5. The largest absolute Gasteiger partial charge is 0.495 e. The summed E-state index contributed by atoms with van der Waals surface area (Å²) in [6.07, 6.45) is -0.00806. The second-order valence-corrected chi connectivity index (χ2v) is 5.67. The van der Waals surface area contributed by atoms with Gasteiger partial charge in [0.05, 0.1) is 29.9 Å². The van der Waals surface area contributed by atoms with Crippen molar-refractivity contribution in [2.45, 2.75) is 12.5 Å². The van der Waals surface area contributed by atoms with Crippen molar-refractivity contribution in [2.24, 2.45) is 0 Å². The van der Waals surface area contributed by atoms with E-state index in [-0.39, 0.29) is 23.0 Å². The van der Waals surface area contributed by atoms with Crippen LogP contribution in [0, 0.1) is 5.82 Å². The molecule has 1 aliphatic heterocycles. The molecule has 0 radical (unpaired) electrons. The van der Waals surface area contributed by atoms with Crippen LogP contribution in [0.15, 0.2) is 42.5 Å². The van der Waals surface area contributed by atoms with Gasteiger partial charge in [0.1, 0.15) is 17.6 Å². The van der Waals surface area contributed by atoms with Crippen LogP contribution in [-0.4, -0.2) is 25.0 Å². The molecular formula is C17H14ClFN2O3. The average Bonchev–Trinajstić information content (AvgIpc) is 2.85. The van der Waals surface area contributed by atoms with Crippen molar-refractivity contribution >= 4 is 34.8 Å². The molecule has 1 unspecified atom stereocenters. The summed E-state index contributed by atoms with van der Waals surface area (Å²) in [5.41, 5.74) is 0.867. The van der Waals surface area contributed by atoms with Gasteiger partial charge >= 0.3 is 0 Å². The molecule has 2 aromatic rings. The fraction of sp³-hybridized carbons (Fsp3) is 0.176. The summed E-state index contributed by atoms with van der Waals surface area (Å²) in [6, 6.07) is 10.1. The number of ether oxygens (including phenoxy) is 1. The molecule has 7 heteroatoms. The Morgan fingerprint density at radius 2 is 2.00 bits per heavy atom. The number of rotatable bonds is 4. The summed E-state index contributed by atoms with van der Waals surface area (Å²) in [6.45, 7) is 0. The SMILES string of the molecule is COc1ccccc1NC1CC(=O)N(c2ccc(F)c(Cl)c2)C1=O. The summed E-state index contributed by atoms with van der Waals surface area (Å²) in [4.78, 5) is 25.8. The number of carbonyl (C=O) groups is 2. The quantitative estimate of drug-likeness (QED) is 0.862. The van der Waals surface area contributed by atoms with Crippen LogP contribution in [0.3, 0.4) is 0 Å². The average molecular weight is 349 g/mol. The van der Waals surface area contributed by atoms with Crippen molar-refractivity contribution in [3.63, 3.8) is 0 Å². The molecule has 1 heterocycles. The Morgan fingerprint density at radius 1 is 1.25 bits per heavy atom. The molecule has 124 valence electrons. The number of amides is 2. The van der Waals surface area contributed by atoms with E-state index >= 15 is 0 Å². The molecule has 3 rings (SSSR count). The molecule has 0 saturated carbocycles. The smallest absolute Gasteiger partial charge is 0.256 e. The van der Waals surface area contributed by atoms with Gasteiger partial charge in [-0.15, -0.1) is 0 Å². The normalized spacial score (nSPS) is 17.3. The van der Waals surface area contributed by atoms with Crippen LogP contribution in [0.5, 0.6) is 5.75 Å². The van der Waals surface area contributed by atoms with E-state index in [1.807, 2.05) is 0 Å². The number of anilines is 2. The van der Waals surface area contributed by atoms with E-state index in [1.165, 1.54) is 19.2 Å². The van der Waals surface area contributed by atoms with E-state index in [4.69, 9.17) is 16.3 Å². The first-order valence-corrected chi connectivity index (χ1v) is 7.60. The van der Waals surface area contributed by atoms with Crippen LogP contribution >= 0.6 is 11.6 Å². The Kier molecular flexibility index (Phi) is 4.40. The van der Waals surface area contributed by atoms with Gasteiger partial charge in [0.15, 0.2) is 0 Å². The van der Waals surface area contributed by atoms with Crippen LogP contribution in [0.25, 0.3) is 0 Å². The second-order valence-electron chi connectivity index (χ2n) is 5.27. The van der Waals surface area contributed by atoms with Crippen LogP contribution < -0.4 is 15.0 Å². The maximum Gasteiger partial charge on any atom is 0.256 e. The molecule has 0 spiro atoms. The van der Waals surface area contributed by atoms with Crippen LogP contribution in [-0.2, 0) is 9.59 Å². The molecule has 2 amide bonds. The van der Waals surface area contributed by atoms with Gasteiger partial charge in [0, 0.05) is 0 Å². The Morgan fingerprint density at radius 3 is 2.71 bits per heavy atom. The lowest BCUT2D eigenvalue weighted by atomic mass is 10.2. The Bertz CT molecular complexity index is 812. The van der Waals surface area contributed by atoms with E-state index in [1.54, 1.807) is 24.3 Å². The van der Waals surface area contributed by atoms with Gasteiger partial charge in [-0.05, 0) is 30.3 Å². The predicted molar refractivity (Wildman–Crippen MR) is 88.9 cm³/mol. The van der Waals surface area contributed by atoms with E-state index in [0.29, 0.717) is 11.4 Å². The van der Waals surface area contributed by atoms with Crippen molar-refractivity contribution in [3.05, 3.63) is 53.3 Å². The number of benzene rings is 2. The molecule has 1 N–H and O–H groups in total. The van der Waals surface area contributed by atoms with Crippen molar-refractivity contribution in [2.75, 3.05) is 17.3 Å². The van der Waals surface area contributed by atoms with Gasteiger partial charge in [-0.25, -0.2) is 9.29 Å². The topological polar surface area (TPSA) is 58.6 Å². The van der Waals surface area contributed by atoms with Crippen LogP contribution in [0.2, 0.25) is 5.02 Å². The van der Waals surface area contributed by atoms with Gasteiger partial charge in [-0.1, -0.05) is 23.7 Å². The first-order chi connectivity index (χ1) is 11.5. The number of halogens is 2. The van der Waals surface area contributed by atoms with E-state index in [2.05, 4.69) is 5.32 Å². The maximum atomic E-state index is 13.3. The van der Waals surface area contributed by atoms with Crippen LogP contribution in [0.4, 0.5) is 15.8 Å². The number of imide groups is 1. The van der Waals surface area contributed by atoms with Gasteiger partial charge in [0.25, 0.3) is 5.91 Å². The number of nitrogens with one attached hydrogen (secondary N) is 1. The fourth-order valence-corrected chi connectivity index (χ4v) is 2.77. The first-order valence-electron chi connectivity index (χ1n) is 7.22. The second kappa shape index (κ2) is 6.49. The molecule has 5 nitrogen and oxygen atoms in total. The van der Waals surface area contributed by atoms with Gasteiger partial charge in [-0.3, -0.25) is 9.59 Å². The highest BCUT2D eigenvalue weighted by Gasteiger charge is 2.40. The third kappa shape index (κ3) is 2.92. The third-order valence-electron chi connectivity index (χ3n) is 3.74.